The summed E-state index contributed by atoms with van der Waals surface area (Å²) in [5, 5.41) is 13.7. The molecule has 128 valence electrons. The second kappa shape index (κ2) is 8.11. The number of ether oxygens (including phenoxy) is 3. The molecule has 5 heteroatoms. The maximum atomic E-state index is 10.4. The lowest BCUT2D eigenvalue weighted by molar-refractivity contribution is -0.0617. The van der Waals surface area contributed by atoms with Crippen LogP contribution in [-0.2, 0) is 16.0 Å². The maximum Gasteiger partial charge on any atom is 0.119 e. The van der Waals surface area contributed by atoms with Gasteiger partial charge in [-0.1, -0.05) is 12.1 Å². The molecule has 5 nitrogen and oxygen atoms in total. The molecule has 0 bridgehead atoms. The molecule has 1 aromatic rings. The van der Waals surface area contributed by atoms with E-state index in [2.05, 4.69) is 17.4 Å². The zero-order valence-corrected chi connectivity index (χ0v) is 13.6. The summed E-state index contributed by atoms with van der Waals surface area (Å²) in [4.78, 5) is 0. The minimum atomic E-state index is -0.622. The SMILES string of the molecule is OC1(CNCc2ccc(OC[C@@H]3CCCO3)cc2)CCOCC1. The molecule has 0 saturated carbocycles. The fourth-order valence-corrected chi connectivity index (χ4v) is 3.04. The van der Waals surface area contributed by atoms with Crippen LogP contribution in [0.15, 0.2) is 24.3 Å². The Balaban J connectivity index is 1.38. The van der Waals surface area contributed by atoms with Crippen LogP contribution in [0, 0.1) is 0 Å². The normalized spacial score (nSPS) is 23.8. The molecule has 0 radical (unpaired) electrons. The Morgan fingerprint density at radius 3 is 2.65 bits per heavy atom. The van der Waals surface area contributed by atoms with E-state index in [1.54, 1.807) is 0 Å². The summed E-state index contributed by atoms with van der Waals surface area (Å²) in [6, 6.07) is 8.11. The molecule has 2 fully saturated rings. The fraction of sp³-hybridized carbons (Fsp3) is 0.667. The van der Waals surface area contributed by atoms with E-state index in [1.165, 1.54) is 5.56 Å². The first-order valence-electron chi connectivity index (χ1n) is 8.58. The van der Waals surface area contributed by atoms with E-state index in [0.717, 1.165) is 31.7 Å². The van der Waals surface area contributed by atoms with Gasteiger partial charge in [0.1, 0.15) is 12.4 Å². The van der Waals surface area contributed by atoms with Gasteiger partial charge in [0.2, 0.25) is 0 Å². The largest absolute Gasteiger partial charge is 0.491 e. The topological polar surface area (TPSA) is 60.0 Å². The highest BCUT2D eigenvalue weighted by Gasteiger charge is 2.29. The monoisotopic (exact) mass is 321 g/mol. The van der Waals surface area contributed by atoms with Gasteiger partial charge in [-0.2, -0.15) is 0 Å². The van der Waals surface area contributed by atoms with E-state index in [0.29, 0.717) is 39.2 Å². The summed E-state index contributed by atoms with van der Waals surface area (Å²) in [6.45, 7) is 4.14. The first kappa shape index (κ1) is 16.7. The molecule has 1 atom stereocenters. The highest BCUT2D eigenvalue weighted by molar-refractivity contribution is 5.27. The molecule has 0 spiro atoms. The fourth-order valence-electron chi connectivity index (χ4n) is 3.04. The van der Waals surface area contributed by atoms with Crippen molar-refractivity contribution in [3.05, 3.63) is 29.8 Å². The molecule has 23 heavy (non-hydrogen) atoms. The molecule has 2 N–H and O–H groups in total. The van der Waals surface area contributed by atoms with Crippen molar-refractivity contribution >= 4 is 0 Å². The van der Waals surface area contributed by atoms with Crippen molar-refractivity contribution in [3.63, 3.8) is 0 Å². The third-order valence-corrected chi connectivity index (χ3v) is 4.59. The third kappa shape index (κ3) is 5.18. The second-order valence-corrected chi connectivity index (χ2v) is 6.53. The summed E-state index contributed by atoms with van der Waals surface area (Å²) >= 11 is 0. The molecule has 1 aromatic carbocycles. The van der Waals surface area contributed by atoms with Crippen molar-refractivity contribution < 1.29 is 19.3 Å². The van der Waals surface area contributed by atoms with Gasteiger partial charge in [0.25, 0.3) is 0 Å². The van der Waals surface area contributed by atoms with E-state index in [9.17, 15) is 5.11 Å². The van der Waals surface area contributed by atoms with Gasteiger partial charge in [-0.05, 0) is 30.5 Å². The standard InChI is InChI=1S/C18H27NO4/c20-18(7-10-21-11-8-18)14-19-12-15-3-5-16(6-4-15)23-13-17-2-1-9-22-17/h3-6,17,19-20H,1-2,7-14H2/t17-/m0/s1. The van der Waals surface area contributed by atoms with Gasteiger partial charge in [0, 0.05) is 45.8 Å². The number of benzene rings is 1. The number of rotatable bonds is 7. The Hall–Kier alpha value is -1.14. The Kier molecular flexibility index (Phi) is 5.89. The summed E-state index contributed by atoms with van der Waals surface area (Å²) < 4.78 is 16.6. The van der Waals surface area contributed by atoms with Crippen LogP contribution in [-0.4, -0.2) is 49.8 Å². The van der Waals surface area contributed by atoms with Gasteiger partial charge in [-0.3, -0.25) is 0 Å². The zero-order valence-electron chi connectivity index (χ0n) is 13.6. The van der Waals surface area contributed by atoms with Gasteiger partial charge in [0.05, 0.1) is 11.7 Å². The Morgan fingerprint density at radius 2 is 1.96 bits per heavy atom. The van der Waals surface area contributed by atoms with Crippen molar-refractivity contribution in [1.82, 2.24) is 5.32 Å². The second-order valence-electron chi connectivity index (χ2n) is 6.53. The molecule has 2 aliphatic heterocycles. The quantitative estimate of drug-likeness (QED) is 0.803. The van der Waals surface area contributed by atoms with Gasteiger partial charge >= 0.3 is 0 Å². The van der Waals surface area contributed by atoms with Crippen LogP contribution in [0.3, 0.4) is 0 Å². The number of hydrogen-bond acceptors (Lipinski definition) is 5. The lowest BCUT2D eigenvalue weighted by Gasteiger charge is -2.32. The Labute approximate surface area is 137 Å². The Morgan fingerprint density at radius 1 is 1.17 bits per heavy atom. The van der Waals surface area contributed by atoms with E-state index in [1.807, 2.05) is 12.1 Å². The minimum absolute atomic E-state index is 0.247. The number of nitrogens with one attached hydrogen (secondary N) is 1. The molecule has 0 amide bonds. The molecule has 2 heterocycles. The Bertz CT molecular complexity index is 464. The van der Waals surface area contributed by atoms with Gasteiger partial charge < -0.3 is 24.6 Å². The minimum Gasteiger partial charge on any atom is -0.491 e. The third-order valence-electron chi connectivity index (χ3n) is 4.59. The maximum absolute atomic E-state index is 10.4. The van der Waals surface area contributed by atoms with Crippen molar-refractivity contribution in [2.24, 2.45) is 0 Å². The van der Waals surface area contributed by atoms with Crippen molar-refractivity contribution in [3.8, 4) is 5.75 Å². The number of aliphatic hydroxyl groups is 1. The van der Waals surface area contributed by atoms with E-state index in [-0.39, 0.29) is 6.10 Å². The van der Waals surface area contributed by atoms with E-state index in [4.69, 9.17) is 14.2 Å². The average molecular weight is 321 g/mol. The summed E-state index contributed by atoms with van der Waals surface area (Å²) in [5.74, 6) is 0.882. The first-order valence-corrected chi connectivity index (χ1v) is 8.58. The molecule has 0 aromatic heterocycles. The van der Waals surface area contributed by atoms with Crippen LogP contribution >= 0.6 is 0 Å². The molecular weight excluding hydrogens is 294 g/mol. The van der Waals surface area contributed by atoms with Gasteiger partial charge in [-0.15, -0.1) is 0 Å². The predicted molar refractivity (Wildman–Crippen MR) is 87.6 cm³/mol. The summed E-state index contributed by atoms with van der Waals surface area (Å²) in [6.07, 6.45) is 3.88. The van der Waals surface area contributed by atoms with Crippen molar-refractivity contribution in [2.45, 2.75) is 43.9 Å². The molecule has 0 unspecified atom stereocenters. The predicted octanol–water partition coefficient (Wildman–Crippen LogP) is 1.88. The van der Waals surface area contributed by atoms with Crippen molar-refractivity contribution in [2.75, 3.05) is 33.0 Å². The van der Waals surface area contributed by atoms with Crippen LogP contribution in [0.25, 0.3) is 0 Å². The lowest BCUT2D eigenvalue weighted by atomic mass is 9.94. The average Bonchev–Trinajstić information content (AvgIpc) is 3.08. The first-order chi connectivity index (χ1) is 11.2. The van der Waals surface area contributed by atoms with Crippen LogP contribution < -0.4 is 10.1 Å². The molecular formula is C18H27NO4. The lowest BCUT2D eigenvalue weighted by Crippen LogP contribution is -2.44. The van der Waals surface area contributed by atoms with Crippen LogP contribution in [0.5, 0.6) is 5.75 Å². The van der Waals surface area contributed by atoms with Crippen LogP contribution in [0.1, 0.15) is 31.2 Å². The smallest absolute Gasteiger partial charge is 0.119 e. The molecule has 3 rings (SSSR count). The molecule has 2 saturated heterocycles. The van der Waals surface area contributed by atoms with Crippen molar-refractivity contribution in [1.29, 1.82) is 0 Å². The van der Waals surface area contributed by atoms with E-state index >= 15 is 0 Å². The van der Waals surface area contributed by atoms with Crippen LogP contribution in [0.2, 0.25) is 0 Å². The highest BCUT2D eigenvalue weighted by atomic mass is 16.5. The van der Waals surface area contributed by atoms with E-state index < -0.39 is 5.60 Å². The van der Waals surface area contributed by atoms with Gasteiger partial charge in [-0.25, -0.2) is 0 Å². The number of hydrogen-bond donors (Lipinski definition) is 2. The summed E-state index contributed by atoms with van der Waals surface area (Å²) in [5.41, 5.74) is 0.563. The van der Waals surface area contributed by atoms with Gasteiger partial charge in [0.15, 0.2) is 0 Å². The molecule has 0 aliphatic carbocycles. The highest BCUT2D eigenvalue weighted by Crippen LogP contribution is 2.20. The van der Waals surface area contributed by atoms with Crippen LogP contribution in [0.4, 0.5) is 0 Å². The summed E-state index contributed by atoms with van der Waals surface area (Å²) in [7, 11) is 0. The zero-order chi connectivity index (χ0) is 16.0. The molecule has 2 aliphatic rings.